The van der Waals surface area contributed by atoms with E-state index in [2.05, 4.69) is 111 Å². The summed E-state index contributed by atoms with van der Waals surface area (Å²) in [5, 5.41) is 9.63. The van der Waals surface area contributed by atoms with E-state index in [1.165, 1.54) is 11.1 Å². The molecule has 0 saturated carbocycles. The van der Waals surface area contributed by atoms with Crippen LogP contribution in [-0.2, 0) is 0 Å². The van der Waals surface area contributed by atoms with Gasteiger partial charge in [0, 0.05) is 25.6 Å². The van der Waals surface area contributed by atoms with Gasteiger partial charge in [-0.15, -0.1) is 0 Å². The van der Waals surface area contributed by atoms with Crippen LogP contribution in [0.25, 0.3) is 5.57 Å². The summed E-state index contributed by atoms with van der Waals surface area (Å²) in [5.74, 6) is 2.01. The van der Waals surface area contributed by atoms with Gasteiger partial charge in [-0.3, -0.25) is 0 Å². The molecule has 1 N–H and O–H groups in total. The minimum absolute atomic E-state index is 0.177. The standard InChI is InChI=1S/C32H44N2O3/c1-33(2)21-8-24-36-29-17-13-27(14-18-29)32(31(12-7-23-35)26-10-5-6-11-26)28-15-19-30(20-16-28)37-25-9-22-34(3)4/h5-6,10-11,13-20,26,35H,7-9,12,21-25H2,1-4H3. The number of ether oxygens (including phenoxy) is 2. The smallest absolute Gasteiger partial charge is 0.119 e. The molecule has 1 aliphatic rings. The Labute approximate surface area is 223 Å². The van der Waals surface area contributed by atoms with E-state index in [1.54, 1.807) is 0 Å². The number of aliphatic hydroxyl groups is 1. The highest BCUT2D eigenvalue weighted by Crippen LogP contribution is 2.36. The molecule has 5 nitrogen and oxygen atoms in total. The Kier molecular flexibility index (Phi) is 12.0. The summed E-state index contributed by atoms with van der Waals surface area (Å²) in [6.45, 7) is 3.61. The molecule has 0 spiro atoms. The number of benzene rings is 2. The van der Waals surface area contributed by atoms with Crippen LogP contribution in [0.15, 0.2) is 78.4 Å². The lowest BCUT2D eigenvalue weighted by molar-refractivity contribution is 0.281. The van der Waals surface area contributed by atoms with E-state index in [1.807, 2.05) is 0 Å². The Morgan fingerprint density at radius 2 is 1.16 bits per heavy atom. The first-order valence-corrected chi connectivity index (χ1v) is 13.4. The van der Waals surface area contributed by atoms with Gasteiger partial charge in [-0.1, -0.05) is 54.1 Å². The van der Waals surface area contributed by atoms with Crippen LogP contribution in [0.3, 0.4) is 0 Å². The molecule has 0 aromatic heterocycles. The third-order valence-electron chi connectivity index (χ3n) is 6.40. The lowest BCUT2D eigenvalue weighted by Gasteiger charge is -2.21. The van der Waals surface area contributed by atoms with Gasteiger partial charge in [-0.05, 0) is 94.8 Å². The predicted octanol–water partition coefficient (Wildman–Crippen LogP) is 5.66. The molecule has 1 aliphatic carbocycles. The first-order valence-electron chi connectivity index (χ1n) is 13.4. The van der Waals surface area contributed by atoms with E-state index in [0.29, 0.717) is 13.2 Å². The van der Waals surface area contributed by atoms with E-state index in [0.717, 1.165) is 61.4 Å². The second kappa shape index (κ2) is 15.4. The van der Waals surface area contributed by atoms with Gasteiger partial charge in [-0.2, -0.15) is 0 Å². The first kappa shape index (κ1) is 28.7. The molecule has 0 radical (unpaired) electrons. The maximum absolute atomic E-state index is 9.63. The predicted molar refractivity (Wildman–Crippen MR) is 154 cm³/mol. The van der Waals surface area contributed by atoms with Crippen LogP contribution in [0.1, 0.15) is 36.8 Å². The molecule has 2 aromatic rings. The third kappa shape index (κ3) is 9.51. The highest BCUT2D eigenvalue weighted by Gasteiger charge is 2.19. The zero-order valence-electron chi connectivity index (χ0n) is 23.0. The fraction of sp³-hybridized carbons (Fsp3) is 0.438. The average Bonchev–Trinajstić information content (AvgIpc) is 3.43. The minimum Gasteiger partial charge on any atom is -0.494 e. The highest BCUT2D eigenvalue weighted by atomic mass is 16.5. The maximum atomic E-state index is 9.63. The molecule has 37 heavy (non-hydrogen) atoms. The largest absolute Gasteiger partial charge is 0.494 e. The monoisotopic (exact) mass is 504 g/mol. The molecule has 2 aromatic carbocycles. The minimum atomic E-state index is 0.177. The topological polar surface area (TPSA) is 45.2 Å². The average molecular weight is 505 g/mol. The fourth-order valence-electron chi connectivity index (χ4n) is 4.51. The van der Waals surface area contributed by atoms with Gasteiger partial charge in [-0.25, -0.2) is 0 Å². The summed E-state index contributed by atoms with van der Waals surface area (Å²) in [6, 6.07) is 16.9. The summed E-state index contributed by atoms with van der Waals surface area (Å²) in [5.41, 5.74) is 4.84. The van der Waals surface area contributed by atoms with Crippen LogP contribution < -0.4 is 9.47 Å². The van der Waals surface area contributed by atoms with Gasteiger partial charge in [0.1, 0.15) is 11.5 Å². The van der Waals surface area contributed by atoms with Gasteiger partial charge in [0.25, 0.3) is 0 Å². The van der Waals surface area contributed by atoms with Crippen molar-refractivity contribution in [1.29, 1.82) is 0 Å². The van der Waals surface area contributed by atoms with Gasteiger partial charge < -0.3 is 24.4 Å². The Morgan fingerprint density at radius 3 is 1.57 bits per heavy atom. The number of nitrogens with zero attached hydrogens (tertiary/aromatic N) is 2. The molecular formula is C32H44N2O3. The van der Waals surface area contributed by atoms with Crippen molar-refractivity contribution in [3.63, 3.8) is 0 Å². The quantitative estimate of drug-likeness (QED) is 0.299. The maximum Gasteiger partial charge on any atom is 0.119 e. The fourth-order valence-corrected chi connectivity index (χ4v) is 4.51. The van der Waals surface area contributed by atoms with Crippen LogP contribution in [0.5, 0.6) is 11.5 Å². The van der Waals surface area contributed by atoms with Crippen molar-refractivity contribution in [1.82, 2.24) is 9.80 Å². The Bertz CT molecular complexity index is 948. The van der Waals surface area contributed by atoms with E-state index < -0.39 is 0 Å². The molecule has 0 fully saturated rings. The zero-order valence-corrected chi connectivity index (χ0v) is 23.0. The van der Waals surface area contributed by atoms with Crippen molar-refractivity contribution in [2.45, 2.75) is 25.7 Å². The van der Waals surface area contributed by atoms with E-state index in [4.69, 9.17) is 9.47 Å². The highest BCUT2D eigenvalue weighted by molar-refractivity contribution is 5.83. The van der Waals surface area contributed by atoms with Gasteiger partial charge in [0.05, 0.1) is 13.2 Å². The first-order chi connectivity index (χ1) is 18.0. The Balaban J connectivity index is 1.86. The summed E-state index contributed by atoms with van der Waals surface area (Å²) < 4.78 is 12.0. The summed E-state index contributed by atoms with van der Waals surface area (Å²) in [7, 11) is 8.32. The van der Waals surface area contributed by atoms with Crippen LogP contribution in [0, 0.1) is 5.92 Å². The zero-order chi connectivity index (χ0) is 26.5. The molecule has 200 valence electrons. The lowest BCUT2D eigenvalue weighted by atomic mass is 9.84. The molecule has 0 bridgehead atoms. The number of rotatable bonds is 16. The molecule has 0 aliphatic heterocycles. The normalized spacial score (nSPS) is 13.1. The van der Waals surface area contributed by atoms with Gasteiger partial charge in [0.15, 0.2) is 0 Å². The summed E-state index contributed by atoms with van der Waals surface area (Å²) in [4.78, 5) is 4.34. The molecule has 0 unspecified atom stereocenters. The van der Waals surface area contributed by atoms with E-state index in [-0.39, 0.29) is 12.5 Å². The number of hydrogen-bond acceptors (Lipinski definition) is 5. The van der Waals surface area contributed by atoms with Gasteiger partial charge >= 0.3 is 0 Å². The van der Waals surface area contributed by atoms with Crippen molar-refractivity contribution in [3.8, 4) is 11.5 Å². The molecular weight excluding hydrogens is 460 g/mol. The van der Waals surface area contributed by atoms with Crippen LogP contribution in [0.4, 0.5) is 0 Å². The van der Waals surface area contributed by atoms with Crippen LogP contribution in [0.2, 0.25) is 0 Å². The summed E-state index contributed by atoms with van der Waals surface area (Å²) >= 11 is 0. The molecule has 5 heteroatoms. The van der Waals surface area contributed by atoms with Crippen molar-refractivity contribution in [2.24, 2.45) is 5.92 Å². The Hall–Kier alpha value is -2.86. The molecule has 0 saturated heterocycles. The van der Waals surface area contributed by atoms with Crippen molar-refractivity contribution < 1.29 is 14.6 Å². The number of hydrogen-bond donors (Lipinski definition) is 1. The molecule has 3 rings (SSSR count). The second-order valence-electron chi connectivity index (χ2n) is 10.1. The molecule has 0 atom stereocenters. The molecule has 0 amide bonds. The second-order valence-corrected chi connectivity index (χ2v) is 10.1. The number of allylic oxidation sites excluding steroid dienone is 5. The van der Waals surface area contributed by atoms with Crippen molar-refractivity contribution >= 4 is 5.57 Å². The number of aliphatic hydroxyl groups excluding tert-OH is 1. The van der Waals surface area contributed by atoms with E-state index in [9.17, 15) is 5.11 Å². The van der Waals surface area contributed by atoms with Gasteiger partial charge in [0.2, 0.25) is 0 Å². The SMILES string of the molecule is CN(C)CCCOc1ccc(C(=C(CCCO)C2C=CC=C2)c2ccc(OCCCN(C)C)cc2)cc1. The Morgan fingerprint density at radius 1 is 0.703 bits per heavy atom. The van der Waals surface area contributed by atoms with Crippen molar-refractivity contribution in [2.75, 3.05) is 61.1 Å². The van der Waals surface area contributed by atoms with E-state index >= 15 is 0 Å². The van der Waals surface area contributed by atoms with Crippen molar-refractivity contribution in [3.05, 3.63) is 89.5 Å². The van der Waals surface area contributed by atoms with Crippen LogP contribution >= 0.6 is 0 Å². The lowest BCUT2D eigenvalue weighted by Crippen LogP contribution is -2.15. The summed E-state index contributed by atoms with van der Waals surface area (Å²) in [6.07, 6.45) is 12.2. The van der Waals surface area contributed by atoms with Crippen LogP contribution in [-0.4, -0.2) is 76.0 Å². The molecule has 0 heterocycles. The third-order valence-corrected chi connectivity index (χ3v) is 6.40.